The van der Waals surface area contributed by atoms with E-state index >= 15 is 0 Å². The van der Waals surface area contributed by atoms with E-state index in [4.69, 9.17) is 0 Å². The predicted octanol–water partition coefficient (Wildman–Crippen LogP) is 12.4. The average Bonchev–Trinajstić information content (AvgIpc) is 3.14. The average molecular weight is 585 g/mol. The van der Waals surface area contributed by atoms with Crippen molar-refractivity contribution in [2.24, 2.45) is 5.92 Å². The van der Waals surface area contributed by atoms with E-state index in [1.165, 1.54) is 87.6 Å². The van der Waals surface area contributed by atoms with E-state index in [1.807, 2.05) is 0 Å². The van der Waals surface area contributed by atoms with E-state index in [2.05, 4.69) is 158 Å². The minimum absolute atomic E-state index is 0.428. The van der Waals surface area contributed by atoms with Gasteiger partial charge in [-0.15, -0.1) is 0 Å². The van der Waals surface area contributed by atoms with E-state index in [9.17, 15) is 0 Å². The van der Waals surface area contributed by atoms with Crippen molar-refractivity contribution in [2.75, 3.05) is 0 Å². The highest BCUT2D eigenvalue weighted by Gasteiger charge is 2.25. The van der Waals surface area contributed by atoms with E-state index in [0.29, 0.717) is 11.8 Å². The topological polar surface area (TPSA) is 0 Å². The fraction of sp³-hybridized carbons (Fsp3) is 0.0870. The first-order chi connectivity index (χ1) is 22.8. The third-order valence-corrected chi connectivity index (χ3v) is 10.6. The van der Waals surface area contributed by atoms with Crippen LogP contribution in [0.2, 0.25) is 0 Å². The second-order valence-corrected chi connectivity index (χ2v) is 13.2. The van der Waals surface area contributed by atoms with Crippen LogP contribution in [0.25, 0.3) is 77.5 Å². The molecule has 0 aromatic heterocycles. The Morgan fingerprint density at radius 1 is 0.457 bits per heavy atom. The largest absolute Gasteiger partial charge is 0.0836 e. The SMILES string of the molecule is C1=CC2C=Cc3c(ccc4ccc(-c5ccc6cc(-c7ccc8c(c7)c7c(c9ccccc98)C=CCC7)ccc6c5)cc34)C2C=C1. The second kappa shape index (κ2) is 10.0. The number of benzene rings is 7. The molecule has 0 N–H and O–H groups in total. The minimum atomic E-state index is 0.428. The first-order valence-corrected chi connectivity index (χ1v) is 16.6. The van der Waals surface area contributed by atoms with Crippen molar-refractivity contribution < 1.29 is 0 Å². The lowest BCUT2D eigenvalue weighted by Crippen LogP contribution is -2.13. The van der Waals surface area contributed by atoms with Gasteiger partial charge in [-0.05, 0) is 125 Å². The molecule has 7 aromatic rings. The number of fused-ring (bicyclic) bond motifs is 12. The number of hydrogen-bond donors (Lipinski definition) is 0. The van der Waals surface area contributed by atoms with Crippen molar-refractivity contribution in [3.05, 3.63) is 168 Å². The monoisotopic (exact) mass is 584 g/mol. The van der Waals surface area contributed by atoms with Gasteiger partial charge in [0.05, 0.1) is 0 Å². The molecule has 7 aromatic carbocycles. The molecule has 216 valence electrons. The summed E-state index contributed by atoms with van der Waals surface area (Å²) in [5, 5.41) is 10.6. The zero-order valence-electron chi connectivity index (χ0n) is 25.6. The summed E-state index contributed by atoms with van der Waals surface area (Å²) >= 11 is 0. The Balaban J connectivity index is 1.04. The standard InChI is InChI=1S/C46H32/c1-2-8-37-29(7-1)19-23-43-42(37)22-20-30-13-14-35(27-45(30)43)33-17-15-32-26-34(18-16-31(32)25-33)36-21-24-44-40-11-4-3-9-38(40)39-10-5-6-12-41(39)46(44)28-36/h1-5,7-11,13-29,37H,6,12H2. The summed E-state index contributed by atoms with van der Waals surface area (Å²) in [4.78, 5) is 0. The molecule has 0 fully saturated rings. The normalized spacial score (nSPS) is 17.9. The smallest absolute Gasteiger partial charge is 0.0125 e. The molecule has 2 atom stereocenters. The van der Waals surface area contributed by atoms with Gasteiger partial charge >= 0.3 is 0 Å². The predicted molar refractivity (Wildman–Crippen MR) is 198 cm³/mol. The molecule has 0 radical (unpaired) electrons. The van der Waals surface area contributed by atoms with Gasteiger partial charge in [0.2, 0.25) is 0 Å². The summed E-state index contributed by atoms with van der Waals surface area (Å²) in [6.45, 7) is 0. The Hall–Kier alpha value is -5.46. The summed E-state index contributed by atoms with van der Waals surface area (Å²) in [5.41, 5.74) is 10.8. The van der Waals surface area contributed by atoms with Gasteiger partial charge in [0, 0.05) is 11.8 Å². The van der Waals surface area contributed by atoms with Crippen LogP contribution in [0, 0.1) is 5.92 Å². The summed E-state index contributed by atoms with van der Waals surface area (Å²) in [6.07, 6.45) is 20.6. The maximum atomic E-state index is 2.43. The molecule has 46 heavy (non-hydrogen) atoms. The molecule has 0 nitrogen and oxygen atoms in total. The van der Waals surface area contributed by atoms with Crippen molar-refractivity contribution in [1.29, 1.82) is 0 Å². The molecular weight excluding hydrogens is 553 g/mol. The molecule has 0 amide bonds. The zero-order valence-corrected chi connectivity index (χ0v) is 25.6. The Labute approximate surface area is 269 Å². The lowest BCUT2D eigenvalue weighted by atomic mass is 9.76. The fourth-order valence-electron chi connectivity index (χ4n) is 8.30. The summed E-state index contributed by atoms with van der Waals surface area (Å²) in [7, 11) is 0. The molecule has 0 spiro atoms. The summed E-state index contributed by atoms with van der Waals surface area (Å²) < 4.78 is 0. The van der Waals surface area contributed by atoms with Crippen molar-refractivity contribution in [1.82, 2.24) is 0 Å². The van der Waals surface area contributed by atoms with Gasteiger partial charge in [0.15, 0.2) is 0 Å². The first-order valence-electron chi connectivity index (χ1n) is 16.6. The van der Waals surface area contributed by atoms with Crippen LogP contribution < -0.4 is 0 Å². The molecule has 0 saturated carbocycles. The number of allylic oxidation sites excluding steroid dienone is 6. The third-order valence-electron chi connectivity index (χ3n) is 10.6. The van der Waals surface area contributed by atoms with Gasteiger partial charge < -0.3 is 0 Å². The number of rotatable bonds is 2. The molecule has 3 aliphatic carbocycles. The van der Waals surface area contributed by atoms with Crippen LogP contribution in [0.5, 0.6) is 0 Å². The van der Waals surface area contributed by atoms with Gasteiger partial charge in [0.25, 0.3) is 0 Å². The zero-order chi connectivity index (χ0) is 30.2. The van der Waals surface area contributed by atoms with Crippen molar-refractivity contribution in [3.63, 3.8) is 0 Å². The maximum absolute atomic E-state index is 2.43. The first kappa shape index (κ1) is 25.8. The molecule has 0 heterocycles. The van der Waals surface area contributed by atoms with Crippen LogP contribution in [0.15, 0.2) is 146 Å². The Morgan fingerprint density at radius 2 is 1.11 bits per heavy atom. The van der Waals surface area contributed by atoms with Crippen molar-refractivity contribution >= 4 is 55.2 Å². The molecule has 0 bridgehead atoms. The lowest BCUT2D eigenvalue weighted by Gasteiger charge is -2.28. The molecule has 0 aliphatic heterocycles. The Bertz CT molecular complexity index is 2530. The third kappa shape index (κ3) is 3.93. The molecule has 10 rings (SSSR count). The van der Waals surface area contributed by atoms with Crippen LogP contribution in [-0.4, -0.2) is 0 Å². The van der Waals surface area contributed by atoms with Crippen LogP contribution in [0.1, 0.15) is 34.6 Å². The molecular formula is C46H32. The summed E-state index contributed by atoms with van der Waals surface area (Å²) in [6, 6.07) is 41.4. The van der Waals surface area contributed by atoms with Crippen LogP contribution in [0.3, 0.4) is 0 Å². The highest BCUT2D eigenvalue weighted by molar-refractivity contribution is 6.14. The lowest BCUT2D eigenvalue weighted by molar-refractivity contribution is 0.693. The number of hydrogen-bond acceptors (Lipinski definition) is 0. The van der Waals surface area contributed by atoms with Crippen LogP contribution in [0.4, 0.5) is 0 Å². The van der Waals surface area contributed by atoms with Gasteiger partial charge in [-0.2, -0.15) is 0 Å². The van der Waals surface area contributed by atoms with E-state index in [1.54, 1.807) is 0 Å². The quantitative estimate of drug-likeness (QED) is 0.177. The van der Waals surface area contributed by atoms with Crippen LogP contribution >= 0.6 is 0 Å². The van der Waals surface area contributed by atoms with E-state index in [-0.39, 0.29) is 0 Å². The molecule has 0 heteroatoms. The maximum Gasteiger partial charge on any atom is 0.0125 e. The second-order valence-electron chi connectivity index (χ2n) is 13.2. The highest BCUT2D eigenvalue weighted by atomic mass is 14.3. The van der Waals surface area contributed by atoms with E-state index < -0.39 is 0 Å². The molecule has 0 saturated heterocycles. The van der Waals surface area contributed by atoms with Crippen molar-refractivity contribution in [2.45, 2.75) is 18.8 Å². The van der Waals surface area contributed by atoms with Crippen LogP contribution in [-0.2, 0) is 6.42 Å². The van der Waals surface area contributed by atoms with E-state index in [0.717, 1.165) is 12.8 Å². The fourth-order valence-corrected chi connectivity index (χ4v) is 8.30. The molecule has 3 aliphatic rings. The Kier molecular flexibility index (Phi) is 5.63. The van der Waals surface area contributed by atoms with Gasteiger partial charge in [-0.1, -0.05) is 134 Å². The highest BCUT2D eigenvalue weighted by Crippen LogP contribution is 2.42. The Morgan fingerprint density at radius 3 is 1.93 bits per heavy atom. The molecule has 2 unspecified atom stereocenters. The van der Waals surface area contributed by atoms with Gasteiger partial charge in [-0.25, -0.2) is 0 Å². The van der Waals surface area contributed by atoms with Gasteiger partial charge in [-0.3, -0.25) is 0 Å². The van der Waals surface area contributed by atoms with Crippen molar-refractivity contribution in [3.8, 4) is 22.3 Å². The van der Waals surface area contributed by atoms with Gasteiger partial charge in [0.1, 0.15) is 0 Å². The summed E-state index contributed by atoms with van der Waals surface area (Å²) in [5.74, 6) is 0.887. The number of aryl methyl sites for hydroxylation is 1. The minimum Gasteiger partial charge on any atom is -0.0836 e.